The molecule has 0 aliphatic carbocycles. The van der Waals surface area contributed by atoms with Gasteiger partial charge in [0.05, 0.1) is 18.8 Å². The molecule has 0 fully saturated rings. The fraction of sp³-hybridized carbons (Fsp3) is 1.00. The first-order valence-electron chi connectivity index (χ1n) is 5.94. The normalized spacial score (nSPS) is 16.5. The van der Waals surface area contributed by atoms with E-state index in [2.05, 4.69) is 19.2 Å². The van der Waals surface area contributed by atoms with Crippen LogP contribution in [-0.2, 0) is 4.74 Å². The minimum atomic E-state index is -0.531. The van der Waals surface area contributed by atoms with Gasteiger partial charge in [0.2, 0.25) is 0 Å². The SMILES string of the molecule is CC(C)COCC(O)CNC(C)(C)C(C)O. The summed E-state index contributed by atoms with van der Waals surface area (Å²) in [5.74, 6) is 0.481. The zero-order chi connectivity index (χ0) is 12.8. The second-order valence-corrected chi connectivity index (χ2v) is 5.36. The molecule has 0 radical (unpaired) electrons. The molecule has 16 heavy (non-hydrogen) atoms. The van der Waals surface area contributed by atoms with Crippen LogP contribution in [0.4, 0.5) is 0 Å². The van der Waals surface area contributed by atoms with Crippen molar-refractivity contribution in [2.75, 3.05) is 19.8 Å². The maximum atomic E-state index is 9.64. The number of aliphatic hydroxyl groups excluding tert-OH is 2. The van der Waals surface area contributed by atoms with Gasteiger partial charge < -0.3 is 20.3 Å². The number of ether oxygens (including phenoxy) is 1. The van der Waals surface area contributed by atoms with Gasteiger partial charge in [-0.3, -0.25) is 0 Å². The van der Waals surface area contributed by atoms with Crippen molar-refractivity contribution < 1.29 is 14.9 Å². The molecule has 98 valence electrons. The van der Waals surface area contributed by atoms with E-state index in [9.17, 15) is 10.2 Å². The lowest BCUT2D eigenvalue weighted by Gasteiger charge is -2.30. The van der Waals surface area contributed by atoms with Crippen LogP contribution in [0.5, 0.6) is 0 Å². The van der Waals surface area contributed by atoms with Crippen LogP contribution in [0.1, 0.15) is 34.6 Å². The highest BCUT2D eigenvalue weighted by Crippen LogP contribution is 2.07. The fourth-order valence-corrected chi connectivity index (χ4v) is 1.03. The summed E-state index contributed by atoms with van der Waals surface area (Å²) >= 11 is 0. The van der Waals surface area contributed by atoms with Crippen molar-refractivity contribution in [1.29, 1.82) is 0 Å². The van der Waals surface area contributed by atoms with Crippen molar-refractivity contribution in [3.8, 4) is 0 Å². The van der Waals surface area contributed by atoms with Crippen molar-refractivity contribution in [2.45, 2.75) is 52.4 Å². The molecule has 0 aromatic heterocycles. The Morgan fingerprint density at radius 2 is 1.69 bits per heavy atom. The smallest absolute Gasteiger partial charge is 0.0897 e. The largest absolute Gasteiger partial charge is 0.392 e. The maximum absolute atomic E-state index is 9.64. The second-order valence-electron chi connectivity index (χ2n) is 5.36. The summed E-state index contributed by atoms with van der Waals surface area (Å²) in [7, 11) is 0. The van der Waals surface area contributed by atoms with Crippen molar-refractivity contribution in [2.24, 2.45) is 5.92 Å². The monoisotopic (exact) mass is 233 g/mol. The number of aliphatic hydroxyl groups is 2. The van der Waals surface area contributed by atoms with E-state index in [-0.39, 0.29) is 5.54 Å². The molecule has 4 heteroatoms. The highest BCUT2D eigenvalue weighted by atomic mass is 16.5. The number of β-amino-alcohol motifs (C(OH)–C–C–N with tert-alkyl or cyclic N) is 1. The summed E-state index contributed by atoms with van der Waals surface area (Å²) in [6.45, 7) is 11.1. The quantitative estimate of drug-likeness (QED) is 0.579. The topological polar surface area (TPSA) is 61.7 Å². The Labute approximate surface area is 99.0 Å². The minimum absolute atomic E-state index is 0.334. The molecule has 0 aliphatic heterocycles. The third-order valence-corrected chi connectivity index (χ3v) is 2.60. The molecular formula is C12H27NO3. The van der Waals surface area contributed by atoms with E-state index in [0.717, 1.165) is 0 Å². The first kappa shape index (κ1) is 15.8. The molecule has 2 atom stereocenters. The molecule has 0 aliphatic rings. The Kier molecular flexibility index (Phi) is 7.15. The molecule has 0 bridgehead atoms. The highest BCUT2D eigenvalue weighted by molar-refractivity contribution is 4.83. The molecule has 0 rings (SSSR count). The molecule has 2 unspecified atom stereocenters. The van der Waals surface area contributed by atoms with Crippen LogP contribution in [0.3, 0.4) is 0 Å². The summed E-state index contributed by atoms with van der Waals surface area (Å²) < 4.78 is 5.33. The van der Waals surface area contributed by atoms with Crippen LogP contribution < -0.4 is 5.32 Å². The zero-order valence-corrected chi connectivity index (χ0v) is 11.2. The number of hydrogen-bond donors (Lipinski definition) is 3. The van der Waals surface area contributed by atoms with Gasteiger partial charge in [-0.2, -0.15) is 0 Å². The Morgan fingerprint density at radius 3 is 2.12 bits per heavy atom. The van der Waals surface area contributed by atoms with Gasteiger partial charge in [-0.25, -0.2) is 0 Å². The average Bonchev–Trinajstić information content (AvgIpc) is 2.14. The summed E-state index contributed by atoms with van der Waals surface area (Å²) in [5.41, 5.74) is -0.390. The minimum Gasteiger partial charge on any atom is -0.392 e. The zero-order valence-electron chi connectivity index (χ0n) is 11.2. The summed E-state index contributed by atoms with van der Waals surface area (Å²) in [6.07, 6.45) is -0.993. The second kappa shape index (κ2) is 7.22. The van der Waals surface area contributed by atoms with Gasteiger partial charge in [0.15, 0.2) is 0 Å². The van der Waals surface area contributed by atoms with Gasteiger partial charge in [0, 0.05) is 18.7 Å². The Hall–Kier alpha value is -0.160. The lowest BCUT2D eigenvalue weighted by Crippen LogP contribution is -2.51. The van der Waals surface area contributed by atoms with Crippen molar-refractivity contribution in [1.82, 2.24) is 5.32 Å². The van der Waals surface area contributed by atoms with Crippen LogP contribution in [0.25, 0.3) is 0 Å². The van der Waals surface area contributed by atoms with Crippen LogP contribution in [0.2, 0.25) is 0 Å². The van der Waals surface area contributed by atoms with Gasteiger partial charge in [-0.05, 0) is 26.7 Å². The molecule has 0 heterocycles. The van der Waals surface area contributed by atoms with E-state index in [1.165, 1.54) is 0 Å². The molecule has 0 spiro atoms. The van der Waals surface area contributed by atoms with Crippen LogP contribution in [0, 0.1) is 5.92 Å². The van der Waals surface area contributed by atoms with Crippen molar-refractivity contribution in [3.63, 3.8) is 0 Å². The van der Waals surface area contributed by atoms with Crippen LogP contribution in [0.15, 0.2) is 0 Å². The molecule has 0 aromatic rings. The molecule has 3 N–H and O–H groups in total. The first-order valence-corrected chi connectivity index (χ1v) is 5.94. The lowest BCUT2D eigenvalue weighted by molar-refractivity contribution is 0.0163. The predicted octanol–water partition coefficient (Wildman–Crippen LogP) is 0.769. The summed E-state index contributed by atoms with van der Waals surface area (Å²) in [6, 6.07) is 0. The van der Waals surface area contributed by atoms with Gasteiger partial charge in [0.1, 0.15) is 0 Å². The standard InChI is InChI=1S/C12H27NO3/c1-9(2)7-16-8-11(15)6-13-12(4,5)10(3)14/h9-11,13-15H,6-8H2,1-5H3. The number of nitrogens with one attached hydrogen (secondary N) is 1. The summed E-state index contributed by atoms with van der Waals surface area (Å²) in [4.78, 5) is 0. The van der Waals surface area contributed by atoms with Gasteiger partial charge in [-0.15, -0.1) is 0 Å². The van der Waals surface area contributed by atoms with E-state index < -0.39 is 12.2 Å². The number of hydrogen-bond acceptors (Lipinski definition) is 4. The lowest BCUT2D eigenvalue weighted by atomic mass is 9.99. The van der Waals surface area contributed by atoms with Crippen LogP contribution >= 0.6 is 0 Å². The predicted molar refractivity (Wildman–Crippen MR) is 65.4 cm³/mol. The van der Waals surface area contributed by atoms with Gasteiger partial charge >= 0.3 is 0 Å². The van der Waals surface area contributed by atoms with E-state index >= 15 is 0 Å². The third-order valence-electron chi connectivity index (χ3n) is 2.60. The van der Waals surface area contributed by atoms with Gasteiger partial charge in [0.25, 0.3) is 0 Å². The fourth-order valence-electron chi connectivity index (χ4n) is 1.03. The molecule has 0 saturated heterocycles. The average molecular weight is 233 g/mol. The number of rotatable bonds is 8. The Balaban J connectivity index is 3.68. The molecular weight excluding hydrogens is 206 g/mol. The van der Waals surface area contributed by atoms with Gasteiger partial charge in [-0.1, -0.05) is 13.8 Å². The molecule has 4 nitrogen and oxygen atoms in total. The van der Waals surface area contributed by atoms with Crippen molar-refractivity contribution in [3.05, 3.63) is 0 Å². The molecule has 0 saturated carbocycles. The molecule has 0 aromatic carbocycles. The van der Waals surface area contributed by atoms with E-state index in [0.29, 0.717) is 25.7 Å². The maximum Gasteiger partial charge on any atom is 0.0897 e. The highest BCUT2D eigenvalue weighted by Gasteiger charge is 2.23. The van der Waals surface area contributed by atoms with Crippen molar-refractivity contribution >= 4 is 0 Å². The summed E-state index contributed by atoms with van der Waals surface area (Å²) in [5, 5.41) is 22.2. The molecule has 0 amide bonds. The van der Waals surface area contributed by atoms with E-state index in [1.807, 2.05) is 13.8 Å². The Morgan fingerprint density at radius 1 is 1.12 bits per heavy atom. The first-order chi connectivity index (χ1) is 7.25. The third kappa shape index (κ3) is 7.17. The van der Waals surface area contributed by atoms with E-state index in [1.54, 1.807) is 6.92 Å². The Bertz CT molecular complexity index is 181. The van der Waals surface area contributed by atoms with Crippen LogP contribution in [-0.4, -0.2) is 47.7 Å². The van der Waals surface area contributed by atoms with E-state index in [4.69, 9.17) is 4.74 Å².